The first-order valence-electron chi connectivity index (χ1n) is 9.75. The van der Waals surface area contributed by atoms with Crippen LogP contribution in [-0.2, 0) is 4.74 Å². The van der Waals surface area contributed by atoms with E-state index in [9.17, 15) is 19.5 Å². The molecule has 1 aliphatic heterocycles. The zero-order valence-corrected chi connectivity index (χ0v) is 20.0. The lowest BCUT2D eigenvalue weighted by atomic mass is 10.0. The highest BCUT2D eigenvalue weighted by Crippen LogP contribution is 2.31. The van der Waals surface area contributed by atoms with E-state index < -0.39 is 23.9 Å². The number of piperidine rings is 1. The minimum absolute atomic E-state index is 0.0445. The summed E-state index contributed by atoms with van der Waals surface area (Å²) in [4.78, 5) is 45.3. The van der Waals surface area contributed by atoms with Crippen molar-refractivity contribution in [3.63, 3.8) is 0 Å². The number of carbonyl (C=O) groups excluding carboxylic acids is 2. The number of rotatable bonds is 7. The van der Waals surface area contributed by atoms with Gasteiger partial charge in [0.15, 0.2) is 10.8 Å². The Morgan fingerprint density at radius 2 is 2.09 bits per heavy atom. The van der Waals surface area contributed by atoms with E-state index in [1.165, 1.54) is 7.11 Å². The molecule has 3 rings (SSSR count). The molecule has 2 atom stereocenters. The number of nitrogens with zero attached hydrogens (tertiary/aromatic N) is 2. The molecule has 2 amide bonds. The van der Waals surface area contributed by atoms with Gasteiger partial charge in [-0.3, -0.25) is 9.59 Å². The van der Waals surface area contributed by atoms with Crippen LogP contribution in [0.5, 0.6) is 0 Å². The Hall–Kier alpha value is -2.78. The summed E-state index contributed by atoms with van der Waals surface area (Å²) in [5.41, 5.74) is 0.561. The molecule has 13 heteroatoms. The average molecular weight is 514 g/mol. The van der Waals surface area contributed by atoms with Gasteiger partial charge in [0.1, 0.15) is 10.6 Å². The second-order valence-corrected chi connectivity index (χ2v) is 8.94. The van der Waals surface area contributed by atoms with Crippen molar-refractivity contribution in [1.29, 1.82) is 0 Å². The van der Waals surface area contributed by atoms with E-state index in [2.05, 4.69) is 26.5 Å². The van der Waals surface area contributed by atoms with E-state index in [1.54, 1.807) is 6.92 Å². The van der Waals surface area contributed by atoms with Crippen LogP contribution in [0, 0.1) is 19.3 Å². The fourth-order valence-electron chi connectivity index (χ4n) is 3.42. The summed E-state index contributed by atoms with van der Waals surface area (Å²) in [6, 6.07) is -0.338. The van der Waals surface area contributed by atoms with Gasteiger partial charge in [-0.25, -0.2) is 9.78 Å². The number of amides is 2. The number of methoxy groups -OCH3 is 1. The van der Waals surface area contributed by atoms with Gasteiger partial charge in [0, 0.05) is 25.9 Å². The summed E-state index contributed by atoms with van der Waals surface area (Å²) < 4.78 is 5.57. The van der Waals surface area contributed by atoms with Crippen molar-refractivity contribution in [2.75, 3.05) is 31.6 Å². The first-order valence-corrected chi connectivity index (χ1v) is 11.3. The van der Waals surface area contributed by atoms with Gasteiger partial charge in [-0.2, -0.15) is 0 Å². The van der Waals surface area contributed by atoms with Gasteiger partial charge in [0.25, 0.3) is 11.8 Å². The number of hydrogen-bond donors (Lipinski definition) is 4. The number of nitrogens with one attached hydrogen (secondary N) is 3. The number of aromatic amines is 1. The first kappa shape index (κ1) is 24.9. The van der Waals surface area contributed by atoms with Gasteiger partial charge >= 0.3 is 5.97 Å². The van der Waals surface area contributed by atoms with Crippen LogP contribution in [0.25, 0.3) is 0 Å². The van der Waals surface area contributed by atoms with Crippen molar-refractivity contribution < 1.29 is 24.2 Å². The molecule has 2 aromatic heterocycles. The molecule has 3 heterocycles. The number of hydrogen-bond acceptors (Lipinski definition) is 7. The molecule has 4 N–H and O–H groups in total. The number of thiazole rings is 1. The highest BCUT2D eigenvalue weighted by atomic mass is 35.5. The lowest BCUT2D eigenvalue weighted by molar-refractivity contribution is 0.0540. The summed E-state index contributed by atoms with van der Waals surface area (Å²) in [5, 5.41) is 15.6. The summed E-state index contributed by atoms with van der Waals surface area (Å²) >= 11 is 13.1. The molecular formula is C20H21Cl2N5O5S. The normalized spacial score (nSPS) is 18.0. The number of halogens is 2. The molecule has 0 bridgehead atoms. The van der Waals surface area contributed by atoms with E-state index in [-0.39, 0.29) is 33.9 Å². The smallest absolute Gasteiger partial charge is 0.348 e. The van der Waals surface area contributed by atoms with Crippen LogP contribution in [0.3, 0.4) is 0 Å². The van der Waals surface area contributed by atoms with Crippen LogP contribution in [0.15, 0.2) is 0 Å². The first-order chi connectivity index (χ1) is 15.7. The quantitative estimate of drug-likeness (QED) is 0.416. The monoisotopic (exact) mass is 513 g/mol. The van der Waals surface area contributed by atoms with Crippen molar-refractivity contribution in [1.82, 2.24) is 20.6 Å². The van der Waals surface area contributed by atoms with Crippen LogP contribution < -0.4 is 15.5 Å². The third-order valence-electron chi connectivity index (χ3n) is 5.11. The van der Waals surface area contributed by atoms with E-state index in [1.807, 2.05) is 4.90 Å². The minimum atomic E-state index is -1.26. The standard InChI is InChI=1S/C20H21Cl2N5O5S/c1-4-6-23-17(28)15-16(19(30)31)33-20(26-15)27-7-5-10(11(8-27)32-3)25-18(29)14-13(22)12(21)9(2)24-14/h1,10-11,24H,5-8H2,2-3H3,(H,23,28)(H,25,29)(H,30,31)/t10-,11+/m1/s1. The summed E-state index contributed by atoms with van der Waals surface area (Å²) in [6.45, 7) is 2.43. The molecule has 0 radical (unpaired) electrons. The van der Waals surface area contributed by atoms with Crippen molar-refractivity contribution in [3.05, 3.63) is 32.0 Å². The minimum Gasteiger partial charge on any atom is -0.477 e. The Morgan fingerprint density at radius 3 is 2.67 bits per heavy atom. The van der Waals surface area contributed by atoms with Gasteiger partial charge in [-0.15, -0.1) is 6.42 Å². The fraction of sp³-hybridized carbons (Fsp3) is 0.400. The fourth-order valence-corrected chi connectivity index (χ4v) is 4.77. The number of terminal acetylenes is 1. The number of carboxylic acid groups (broad SMARTS) is 1. The molecule has 10 nitrogen and oxygen atoms in total. The Kier molecular flexibility index (Phi) is 7.86. The average Bonchev–Trinajstić information content (AvgIpc) is 3.35. The molecule has 0 unspecified atom stereocenters. The number of aromatic carboxylic acids is 1. The van der Waals surface area contributed by atoms with Crippen molar-refractivity contribution in [2.24, 2.45) is 0 Å². The Morgan fingerprint density at radius 1 is 1.36 bits per heavy atom. The second kappa shape index (κ2) is 10.4. The van der Waals surface area contributed by atoms with E-state index >= 15 is 0 Å². The highest BCUT2D eigenvalue weighted by molar-refractivity contribution is 7.17. The van der Waals surface area contributed by atoms with Crippen LogP contribution in [0.2, 0.25) is 10.0 Å². The molecule has 0 aliphatic carbocycles. The maximum Gasteiger partial charge on any atom is 0.348 e. The van der Waals surface area contributed by atoms with Crippen LogP contribution in [-0.4, -0.2) is 71.7 Å². The highest BCUT2D eigenvalue weighted by Gasteiger charge is 2.34. The maximum atomic E-state index is 12.7. The zero-order valence-electron chi connectivity index (χ0n) is 17.7. The number of H-pyrrole nitrogens is 1. The van der Waals surface area contributed by atoms with Crippen LogP contribution in [0.4, 0.5) is 5.13 Å². The van der Waals surface area contributed by atoms with Gasteiger partial charge < -0.3 is 30.4 Å². The van der Waals surface area contributed by atoms with Crippen molar-refractivity contribution in [3.8, 4) is 12.3 Å². The molecule has 1 fully saturated rings. The number of aryl methyl sites for hydroxylation is 1. The lowest BCUT2D eigenvalue weighted by Crippen LogP contribution is -2.55. The maximum absolute atomic E-state index is 12.7. The van der Waals surface area contributed by atoms with Crippen molar-refractivity contribution in [2.45, 2.75) is 25.5 Å². The SMILES string of the molecule is C#CCNC(=O)c1nc(N2CC[C@@H](NC(=O)c3[nH]c(C)c(Cl)c3Cl)[C@@H](OC)C2)sc1C(=O)O. The third-order valence-corrected chi connectivity index (χ3v) is 7.16. The second-order valence-electron chi connectivity index (χ2n) is 7.21. The summed E-state index contributed by atoms with van der Waals surface area (Å²) in [5.74, 6) is -0.0690. The van der Waals surface area contributed by atoms with Gasteiger partial charge in [-0.1, -0.05) is 40.5 Å². The Bertz CT molecular complexity index is 1130. The predicted octanol–water partition coefficient (Wildman–Crippen LogP) is 2.17. The molecule has 2 aromatic rings. The topological polar surface area (TPSA) is 137 Å². The van der Waals surface area contributed by atoms with Gasteiger partial charge in [-0.05, 0) is 13.3 Å². The number of aromatic nitrogens is 2. The predicted molar refractivity (Wildman–Crippen MR) is 125 cm³/mol. The number of anilines is 1. The van der Waals surface area contributed by atoms with Crippen molar-refractivity contribution >= 4 is 57.5 Å². The Balaban J connectivity index is 1.74. The third kappa shape index (κ3) is 5.25. The molecule has 0 aromatic carbocycles. The van der Waals surface area contributed by atoms with Gasteiger partial charge in [0.2, 0.25) is 0 Å². The molecular weight excluding hydrogens is 493 g/mol. The molecule has 0 spiro atoms. The van der Waals surface area contributed by atoms with Gasteiger partial charge in [0.05, 0.1) is 28.7 Å². The zero-order chi connectivity index (χ0) is 24.3. The summed E-state index contributed by atoms with van der Waals surface area (Å²) in [7, 11) is 1.51. The molecule has 1 aliphatic rings. The molecule has 0 saturated carbocycles. The molecule has 1 saturated heterocycles. The number of ether oxygens (including phenoxy) is 1. The van der Waals surface area contributed by atoms with E-state index in [4.69, 9.17) is 34.4 Å². The summed E-state index contributed by atoms with van der Waals surface area (Å²) in [6.07, 6.45) is 5.20. The number of carbonyl (C=O) groups is 3. The van der Waals surface area contributed by atoms with Crippen LogP contribution in [0.1, 0.15) is 42.8 Å². The molecule has 33 heavy (non-hydrogen) atoms. The lowest BCUT2D eigenvalue weighted by Gasteiger charge is -2.37. The number of carboxylic acids is 1. The Labute approximate surface area is 203 Å². The largest absolute Gasteiger partial charge is 0.477 e. The van der Waals surface area contributed by atoms with E-state index in [0.29, 0.717) is 35.4 Å². The van der Waals surface area contributed by atoms with E-state index in [0.717, 1.165) is 11.3 Å². The molecule has 176 valence electrons. The van der Waals surface area contributed by atoms with Crippen LogP contribution >= 0.6 is 34.5 Å².